The lowest BCUT2D eigenvalue weighted by Gasteiger charge is -2.16. The van der Waals surface area contributed by atoms with E-state index in [0.717, 1.165) is 54.9 Å². The lowest BCUT2D eigenvalue weighted by molar-refractivity contribution is -0.370. The molecule has 0 bridgehead atoms. The fraction of sp³-hybridized carbons (Fsp3) is 0.120. The summed E-state index contributed by atoms with van der Waals surface area (Å²) in [6.07, 6.45) is 0. The summed E-state index contributed by atoms with van der Waals surface area (Å²) in [5.74, 6) is 1.33. The molecule has 162 valence electrons. The molecule has 5 rings (SSSR count). The standard InChI is InChI=1S/C25H20FN3OS.HI/c1-15(25-29(2)21-13-17(26)9-12-22(21)31-25)23-19-14-18(30-3)10-11-20(19)27-24(28-23)16-7-5-4-6-8-16;/h4-14H,1-3H3;1H. The molecule has 32 heavy (non-hydrogen) atoms. The molecule has 7 heteroatoms. The van der Waals surface area contributed by atoms with Crippen molar-refractivity contribution in [3.05, 3.63) is 83.3 Å². The molecule has 0 saturated heterocycles. The van der Waals surface area contributed by atoms with Crippen molar-refractivity contribution >= 4 is 33.9 Å². The van der Waals surface area contributed by atoms with Crippen LogP contribution in [0.25, 0.3) is 27.9 Å². The van der Waals surface area contributed by atoms with Crippen molar-refractivity contribution in [1.29, 1.82) is 0 Å². The van der Waals surface area contributed by atoms with E-state index in [0.29, 0.717) is 0 Å². The first kappa shape index (κ1) is 22.5. The lowest BCUT2D eigenvalue weighted by atomic mass is 10.1. The highest BCUT2D eigenvalue weighted by molar-refractivity contribution is 8.04. The van der Waals surface area contributed by atoms with Crippen LogP contribution in [-0.4, -0.2) is 19.1 Å². The Hall–Kier alpha value is -2.65. The number of hydrogen-bond acceptors (Lipinski definition) is 4. The van der Waals surface area contributed by atoms with Gasteiger partial charge in [0.05, 0.1) is 28.8 Å². The maximum absolute atomic E-state index is 13.8. The zero-order valence-corrected chi connectivity index (χ0v) is 20.8. The molecule has 1 aliphatic heterocycles. The summed E-state index contributed by atoms with van der Waals surface area (Å²) >= 11 is 1.64. The molecule has 0 atom stereocenters. The van der Waals surface area contributed by atoms with E-state index in [1.54, 1.807) is 24.9 Å². The Labute approximate surface area is 207 Å². The number of nitrogens with one attached hydrogen (secondary N) is 1. The van der Waals surface area contributed by atoms with Gasteiger partial charge in [0, 0.05) is 17.5 Å². The minimum atomic E-state index is -0.234. The number of halogens is 2. The predicted molar refractivity (Wildman–Crippen MR) is 124 cm³/mol. The van der Waals surface area contributed by atoms with Crippen molar-refractivity contribution in [3.63, 3.8) is 0 Å². The Bertz CT molecular complexity index is 1340. The van der Waals surface area contributed by atoms with Crippen LogP contribution in [-0.2, 0) is 0 Å². The van der Waals surface area contributed by atoms with E-state index in [1.807, 2.05) is 66.5 Å². The van der Waals surface area contributed by atoms with E-state index in [9.17, 15) is 4.39 Å². The molecular formula is C25H21FIN3OS. The number of allylic oxidation sites excluding steroid dienone is 1. The van der Waals surface area contributed by atoms with Crippen molar-refractivity contribution in [1.82, 2.24) is 4.98 Å². The van der Waals surface area contributed by atoms with Gasteiger partial charge in [0.25, 0.3) is 0 Å². The number of thioether (sulfide) groups is 1. The Kier molecular flexibility index (Phi) is 6.39. The third-order valence-corrected chi connectivity index (χ3v) is 6.82. The van der Waals surface area contributed by atoms with Crippen LogP contribution < -0.4 is 38.6 Å². The number of H-pyrrole nitrogens is 1. The highest BCUT2D eigenvalue weighted by atomic mass is 127. The molecule has 0 radical (unpaired) electrons. The summed E-state index contributed by atoms with van der Waals surface area (Å²) < 4.78 is 19.3. The SMILES string of the molecule is COc1ccc2nc(-c3ccccc3)[nH+]c(C(C)=C3Sc4ccc(F)cc4N3C)c2c1.[I-]. The molecule has 4 aromatic rings. The molecular weight excluding hydrogens is 536 g/mol. The molecule has 3 aromatic carbocycles. The Morgan fingerprint density at radius 2 is 1.84 bits per heavy atom. The van der Waals surface area contributed by atoms with Gasteiger partial charge in [0.15, 0.2) is 5.52 Å². The van der Waals surface area contributed by atoms with Crippen LogP contribution in [0, 0.1) is 5.82 Å². The smallest absolute Gasteiger partial charge is 0.329 e. The number of aromatic amines is 1. The maximum atomic E-state index is 13.8. The van der Waals surface area contributed by atoms with Gasteiger partial charge in [-0.05, 0) is 60.4 Å². The van der Waals surface area contributed by atoms with Crippen LogP contribution in [0.3, 0.4) is 0 Å². The fourth-order valence-corrected chi connectivity index (χ4v) is 4.99. The normalized spacial score (nSPS) is 14.2. The topological polar surface area (TPSA) is 39.5 Å². The minimum Gasteiger partial charge on any atom is -1.00 e. The van der Waals surface area contributed by atoms with E-state index < -0.39 is 0 Å². The molecule has 0 fully saturated rings. The van der Waals surface area contributed by atoms with Gasteiger partial charge in [-0.15, -0.1) is 0 Å². The average Bonchev–Trinajstić information content (AvgIpc) is 3.13. The van der Waals surface area contributed by atoms with Gasteiger partial charge >= 0.3 is 5.82 Å². The third-order valence-electron chi connectivity index (χ3n) is 5.49. The second kappa shape index (κ2) is 9.07. The lowest BCUT2D eigenvalue weighted by Crippen LogP contribution is -3.00. The van der Waals surface area contributed by atoms with Crippen LogP contribution in [0.2, 0.25) is 0 Å². The number of nitrogens with zero attached hydrogens (tertiary/aromatic N) is 2. The van der Waals surface area contributed by atoms with Gasteiger partial charge < -0.3 is 33.6 Å². The summed E-state index contributed by atoms with van der Waals surface area (Å²) in [6, 6.07) is 20.9. The first-order valence-corrected chi connectivity index (χ1v) is 10.8. The van der Waals surface area contributed by atoms with Crippen molar-refractivity contribution in [2.24, 2.45) is 0 Å². The quantitative estimate of drug-likeness (QED) is 0.364. The third kappa shape index (κ3) is 3.95. The largest absolute Gasteiger partial charge is 1.00 e. The molecule has 1 aromatic heterocycles. The Morgan fingerprint density at radius 1 is 1.06 bits per heavy atom. The summed E-state index contributed by atoms with van der Waals surface area (Å²) in [7, 11) is 3.63. The first-order chi connectivity index (χ1) is 15.0. The Balaban J connectivity index is 0.00000245. The van der Waals surface area contributed by atoms with Crippen LogP contribution in [0.5, 0.6) is 5.75 Å². The van der Waals surface area contributed by atoms with E-state index in [1.165, 1.54) is 6.07 Å². The van der Waals surface area contributed by atoms with E-state index in [4.69, 9.17) is 9.72 Å². The second-order valence-electron chi connectivity index (χ2n) is 7.41. The summed E-state index contributed by atoms with van der Waals surface area (Å²) in [5.41, 5.74) is 4.78. The van der Waals surface area contributed by atoms with Crippen LogP contribution >= 0.6 is 11.8 Å². The molecule has 0 amide bonds. The van der Waals surface area contributed by atoms with Crippen LogP contribution in [0.4, 0.5) is 10.1 Å². The molecule has 2 heterocycles. The van der Waals surface area contributed by atoms with Gasteiger partial charge in [-0.1, -0.05) is 30.0 Å². The summed E-state index contributed by atoms with van der Waals surface area (Å²) in [6.45, 7) is 2.08. The number of aromatic nitrogens is 2. The number of fused-ring (bicyclic) bond motifs is 2. The number of methoxy groups -OCH3 is 1. The van der Waals surface area contributed by atoms with Crippen molar-refractivity contribution in [3.8, 4) is 17.1 Å². The molecule has 0 aliphatic carbocycles. The Morgan fingerprint density at radius 3 is 2.59 bits per heavy atom. The highest BCUT2D eigenvalue weighted by Crippen LogP contribution is 2.48. The zero-order chi connectivity index (χ0) is 21.5. The van der Waals surface area contributed by atoms with Gasteiger partial charge in [-0.2, -0.15) is 0 Å². The minimum absolute atomic E-state index is 0. The number of hydrogen-bond donors (Lipinski definition) is 0. The highest BCUT2D eigenvalue weighted by Gasteiger charge is 2.28. The average molecular weight is 557 g/mol. The predicted octanol–water partition coefficient (Wildman–Crippen LogP) is 2.80. The van der Waals surface area contributed by atoms with Crippen molar-refractivity contribution in [2.45, 2.75) is 11.8 Å². The fourth-order valence-electron chi connectivity index (χ4n) is 3.86. The number of benzene rings is 3. The van der Waals surface area contributed by atoms with Crippen LogP contribution in [0.1, 0.15) is 12.6 Å². The molecule has 0 spiro atoms. The number of rotatable bonds is 3. The maximum Gasteiger partial charge on any atom is 0.329 e. The van der Waals surface area contributed by atoms with Gasteiger partial charge in [0.1, 0.15) is 17.3 Å². The molecule has 1 aliphatic rings. The van der Waals surface area contributed by atoms with Gasteiger partial charge in [-0.25, -0.2) is 9.37 Å². The van der Waals surface area contributed by atoms with E-state index in [-0.39, 0.29) is 29.8 Å². The number of anilines is 1. The van der Waals surface area contributed by atoms with Crippen molar-refractivity contribution < 1.29 is 38.1 Å². The molecule has 0 unspecified atom stereocenters. The van der Waals surface area contributed by atoms with E-state index in [2.05, 4.69) is 11.9 Å². The summed E-state index contributed by atoms with van der Waals surface area (Å²) in [5, 5.41) is 2.02. The zero-order valence-electron chi connectivity index (χ0n) is 17.8. The van der Waals surface area contributed by atoms with E-state index >= 15 is 0 Å². The van der Waals surface area contributed by atoms with Crippen molar-refractivity contribution in [2.75, 3.05) is 19.1 Å². The molecule has 4 nitrogen and oxygen atoms in total. The first-order valence-electron chi connectivity index (χ1n) is 9.94. The summed E-state index contributed by atoms with van der Waals surface area (Å²) in [4.78, 5) is 11.5. The van der Waals surface area contributed by atoms with Crippen LogP contribution in [0.15, 0.2) is 76.7 Å². The van der Waals surface area contributed by atoms with Gasteiger partial charge in [0.2, 0.25) is 0 Å². The molecule has 1 N–H and O–H groups in total. The number of ether oxygens (including phenoxy) is 1. The second-order valence-corrected chi connectivity index (χ2v) is 8.44. The monoisotopic (exact) mass is 557 g/mol. The van der Waals surface area contributed by atoms with Gasteiger partial charge in [-0.3, -0.25) is 0 Å². The molecule has 0 saturated carbocycles.